The SMILES string of the molecule is CCCO[Si](OCCC)(OCCC)C(CC)NC. The monoisotopic (exact) mass is 277 g/mol. The third-order valence-corrected chi connectivity index (χ3v) is 6.08. The van der Waals surface area contributed by atoms with Gasteiger partial charge in [-0.05, 0) is 32.7 Å². The molecule has 0 aromatic carbocycles. The first-order chi connectivity index (χ1) is 8.70. The summed E-state index contributed by atoms with van der Waals surface area (Å²) in [5.74, 6) is 0. The fourth-order valence-electron chi connectivity index (χ4n) is 1.79. The Morgan fingerprint density at radius 1 is 0.833 bits per heavy atom. The van der Waals surface area contributed by atoms with Crippen molar-refractivity contribution in [3.8, 4) is 0 Å². The molecule has 1 unspecified atom stereocenters. The van der Waals surface area contributed by atoms with Crippen molar-refractivity contribution >= 4 is 8.80 Å². The first-order valence-corrected chi connectivity index (χ1v) is 9.09. The summed E-state index contributed by atoms with van der Waals surface area (Å²) in [4.78, 5) is 0. The van der Waals surface area contributed by atoms with Crippen molar-refractivity contribution in [3.05, 3.63) is 0 Å². The van der Waals surface area contributed by atoms with E-state index in [1.807, 2.05) is 7.05 Å². The fourth-order valence-corrected chi connectivity index (χ4v) is 4.96. The lowest BCUT2D eigenvalue weighted by atomic mass is 10.5. The van der Waals surface area contributed by atoms with Crippen LogP contribution in [0.2, 0.25) is 0 Å². The number of rotatable bonds is 12. The summed E-state index contributed by atoms with van der Waals surface area (Å²) in [6.45, 7) is 10.6. The van der Waals surface area contributed by atoms with E-state index in [9.17, 15) is 0 Å². The third kappa shape index (κ3) is 5.80. The predicted octanol–water partition coefficient (Wildman–Crippen LogP) is 2.74. The molecular formula is C13H31NO3Si. The molecule has 0 aliphatic rings. The van der Waals surface area contributed by atoms with Crippen molar-refractivity contribution in [3.63, 3.8) is 0 Å². The van der Waals surface area contributed by atoms with Gasteiger partial charge in [0.15, 0.2) is 0 Å². The maximum Gasteiger partial charge on any atom is 0.518 e. The number of hydrogen-bond donors (Lipinski definition) is 1. The summed E-state index contributed by atoms with van der Waals surface area (Å²) in [6, 6.07) is 0. The van der Waals surface area contributed by atoms with Crippen LogP contribution in [0.1, 0.15) is 53.4 Å². The third-order valence-electron chi connectivity index (χ3n) is 2.71. The van der Waals surface area contributed by atoms with Crippen LogP contribution in [0.25, 0.3) is 0 Å². The van der Waals surface area contributed by atoms with E-state index in [4.69, 9.17) is 13.3 Å². The Balaban J connectivity index is 4.82. The van der Waals surface area contributed by atoms with E-state index in [0.717, 1.165) is 25.7 Å². The van der Waals surface area contributed by atoms with Gasteiger partial charge in [-0.3, -0.25) is 0 Å². The molecule has 1 atom stereocenters. The Morgan fingerprint density at radius 3 is 1.44 bits per heavy atom. The van der Waals surface area contributed by atoms with Crippen molar-refractivity contribution in [2.24, 2.45) is 0 Å². The minimum atomic E-state index is -2.60. The van der Waals surface area contributed by atoms with Crippen LogP contribution in [0.15, 0.2) is 0 Å². The van der Waals surface area contributed by atoms with Gasteiger partial charge in [0.05, 0.1) is 5.67 Å². The van der Waals surface area contributed by atoms with Crippen LogP contribution in [0.5, 0.6) is 0 Å². The van der Waals surface area contributed by atoms with Crippen molar-refractivity contribution in [1.82, 2.24) is 5.32 Å². The molecule has 0 aliphatic heterocycles. The molecule has 0 aliphatic carbocycles. The van der Waals surface area contributed by atoms with E-state index in [1.54, 1.807) is 0 Å². The second-order valence-corrected chi connectivity index (χ2v) is 7.17. The standard InChI is InChI=1S/C13H31NO3Si/c1-6-10-15-18(16-11-7-2,17-12-8-3)13(9-4)14-5/h13-14H,6-12H2,1-5H3. The maximum absolute atomic E-state index is 6.06. The van der Waals surface area contributed by atoms with Gasteiger partial charge in [-0.25, -0.2) is 0 Å². The first-order valence-electron chi connectivity index (χ1n) is 7.29. The molecule has 1 N–H and O–H groups in total. The van der Waals surface area contributed by atoms with Crippen LogP contribution in [0, 0.1) is 0 Å². The highest BCUT2D eigenvalue weighted by atomic mass is 28.4. The molecule has 0 radical (unpaired) electrons. The second kappa shape index (κ2) is 10.9. The van der Waals surface area contributed by atoms with Crippen LogP contribution in [-0.2, 0) is 13.3 Å². The predicted molar refractivity (Wildman–Crippen MR) is 77.6 cm³/mol. The van der Waals surface area contributed by atoms with Crippen molar-refractivity contribution < 1.29 is 13.3 Å². The Kier molecular flexibility index (Phi) is 11.0. The topological polar surface area (TPSA) is 39.7 Å². The zero-order valence-electron chi connectivity index (χ0n) is 12.8. The van der Waals surface area contributed by atoms with Gasteiger partial charge < -0.3 is 18.6 Å². The van der Waals surface area contributed by atoms with Gasteiger partial charge in [-0.15, -0.1) is 0 Å². The summed E-state index contributed by atoms with van der Waals surface area (Å²) in [5.41, 5.74) is 0.183. The zero-order valence-corrected chi connectivity index (χ0v) is 13.8. The Bertz CT molecular complexity index is 167. The van der Waals surface area contributed by atoms with Crippen LogP contribution in [-0.4, -0.2) is 41.3 Å². The van der Waals surface area contributed by atoms with Crippen molar-refractivity contribution in [2.45, 2.75) is 59.0 Å². The van der Waals surface area contributed by atoms with E-state index in [0.29, 0.717) is 19.8 Å². The van der Waals surface area contributed by atoms with Gasteiger partial charge in [0.25, 0.3) is 0 Å². The molecule has 0 saturated carbocycles. The second-order valence-electron chi connectivity index (χ2n) is 4.40. The summed E-state index contributed by atoms with van der Waals surface area (Å²) < 4.78 is 18.2. The molecule has 0 spiro atoms. The summed E-state index contributed by atoms with van der Waals surface area (Å²) in [6.07, 6.45) is 3.92. The zero-order chi connectivity index (χ0) is 13.9. The molecule has 0 amide bonds. The number of hydrogen-bond acceptors (Lipinski definition) is 4. The summed E-state index contributed by atoms with van der Waals surface area (Å²) >= 11 is 0. The molecule has 110 valence electrons. The van der Waals surface area contributed by atoms with Crippen LogP contribution in [0.3, 0.4) is 0 Å². The van der Waals surface area contributed by atoms with E-state index >= 15 is 0 Å². The Morgan fingerprint density at radius 2 is 1.22 bits per heavy atom. The normalized spacial score (nSPS) is 13.8. The molecule has 0 saturated heterocycles. The van der Waals surface area contributed by atoms with E-state index in [-0.39, 0.29) is 5.67 Å². The van der Waals surface area contributed by atoms with Crippen LogP contribution in [0.4, 0.5) is 0 Å². The van der Waals surface area contributed by atoms with Gasteiger partial charge in [0.1, 0.15) is 0 Å². The lowest BCUT2D eigenvalue weighted by Gasteiger charge is -2.35. The maximum atomic E-state index is 6.06. The molecule has 4 nitrogen and oxygen atoms in total. The summed E-state index contributed by atoms with van der Waals surface area (Å²) in [7, 11) is -0.645. The van der Waals surface area contributed by atoms with E-state index < -0.39 is 8.80 Å². The highest BCUT2D eigenvalue weighted by Gasteiger charge is 2.48. The van der Waals surface area contributed by atoms with Gasteiger partial charge in [-0.2, -0.15) is 0 Å². The van der Waals surface area contributed by atoms with Gasteiger partial charge >= 0.3 is 8.80 Å². The molecular weight excluding hydrogens is 246 g/mol. The minimum Gasteiger partial charge on any atom is -0.373 e. The highest BCUT2D eigenvalue weighted by Crippen LogP contribution is 2.18. The first kappa shape index (κ1) is 18.1. The molecule has 18 heavy (non-hydrogen) atoms. The largest absolute Gasteiger partial charge is 0.518 e. The molecule has 5 heteroatoms. The van der Waals surface area contributed by atoms with Crippen molar-refractivity contribution in [1.29, 1.82) is 0 Å². The van der Waals surface area contributed by atoms with E-state index in [1.165, 1.54) is 0 Å². The van der Waals surface area contributed by atoms with Gasteiger partial charge in [-0.1, -0.05) is 27.7 Å². The summed E-state index contributed by atoms with van der Waals surface area (Å²) in [5, 5.41) is 3.31. The smallest absolute Gasteiger partial charge is 0.373 e. The highest BCUT2D eigenvalue weighted by molar-refractivity contribution is 6.62. The van der Waals surface area contributed by atoms with E-state index in [2.05, 4.69) is 33.0 Å². The minimum absolute atomic E-state index is 0.183. The molecule has 0 heterocycles. The molecule has 0 bridgehead atoms. The molecule has 0 aromatic heterocycles. The molecule has 0 aromatic rings. The lowest BCUT2D eigenvalue weighted by molar-refractivity contribution is 0.0470. The fraction of sp³-hybridized carbons (Fsp3) is 1.00. The van der Waals surface area contributed by atoms with Crippen LogP contribution < -0.4 is 5.32 Å². The van der Waals surface area contributed by atoms with Gasteiger partial charge in [0.2, 0.25) is 0 Å². The van der Waals surface area contributed by atoms with Crippen LogP contribution >= 0.6 is 0 Å². The molecule has 0 fully saturated rings. The van der Waals surface area contributed by atoms with Crippen molar-refractivity contribution in [2.75, 3.05) is 26.9 Å². The quantitative estimate of drug-likeness (QED) is 0.557. The average Bonchev–Trinajstić information content (AvgIpc) is 2.41. The van der Waals surface area contributed by atoms with Gasteiger partial charge in [0, 0.05) is 19.8 Å². The lowest BCUT2D eigenvalue weighted by Crippen LogP contribution is -2.61. The number of nitrogens with one attached hydrogen (secondary N) is 1. The molecule has 0 rings (SSSR count). The average molecular weight is 277 g/mol. The Labute approximate surface area is 114 Å². The Hall–Kier alpha value is 0.0569.